The number of carbonyl (C=O) groups excluding carboxylic acids is 1. The molecule has 1 saturated heterocycles. The number of ether oxygens (including phenoxy) is 2. The summed E-state index contributed by atoms with van der Waals surface area (Å²) in [6, 6.07) is 4.66. The van der Waals surface area contributed by atoms with Gasteiger partial charge in [-0.25, -0.2) is 9.18 Å². The Morgan fingerprint density at radius 2 is 2.19 bits per heavy atom. The van der Waals surface area contributed by atoms with Crippen molar-refractivity contribution in [3.05, 3.63) is 35.1 Å². The molecule has 116 valence electrons. The molecule has 0 aromatic heterocycles. The number of likely N-dealkylation sites (tertiary alicyclic amines) is 1. The lowest BCUT2D eigenvalue weighted by molar-refractivity contribution is -0.00746. The van der Waals surface area contributed by atoms with E-state index in [1.807, 2.05) is 0 Å². The Balaban J connectivity index is 2.03. The van der Waals surface area contributed by atoms with E-state index in [1.165, 1.54) is 19.2 Å². The van der Waals surface area contributed by atoms with E-state index in [4.69, 9.17) is 4.74 Å². The Morgan fingerprint density at radius 3 is 2.81 bits per heavy atom. The van der Waals surface area contributed by atoms with E-state index >= 15 is 0 Å². The molecule has 1 fully saturated rings. The van der Waals surface area contributed by atoms with Crippen LogP contribution in [0.4, 0.5) is 4.39 Å². The van der Waals surface area contributed by atoms with Crippen molar-refractivity contribution in [3.8, 4) is 0 Å². The van der Waals surface area contributed by atoms with Crippen LogP contribution in [0.25, 0.3) is 0 Å². The van der Waals surface area contributed by atoms with Gasteiger partial charge in [-0.2, -0.15) is 0 Å². The molecule has 2 unspecified atom stereocenters. The molecule has 5 heteroatoms. The van der Waals surface area contributed by atoms with E-state index in [2.05, 4.69) is 16.6 Å². The van der Waals surface area contributed by atoms with Gasteiger partial charge in [-0.15, -0.1) is 0 Å². The number of methoxy groups -OCH3 is 2. The molecule has 0 aliphatic carbocycles. The predicted molar refractivity (Wildman–Crippen MR) is 77.6 cm³/mol. The molecule has 21 heavy (non-hydrogen) atoms. The first-order chi connectivity index (χ1) is 10.0. The third kappa shape index (κ3) is 3.80. The second-order valence-corrected chi connectivity index (χ2v) is 5.58. The van der Waals surface area contributed by atoms with Crippen molar-refractivity contribution in [2.75, 3.05) is 27.3 Å². The summed E-state index contributed by atoms with van der Waals surface area (Å²) in [7, 11) is 2.98. The second kappa shape index (κ2) is 7.00. The highest BCUT2D eigenvalue weighted by molar-refractivity contribution is 5.89. The van der Waals surface area contributed by atoms with Crippen LogP contribution < -0.4 is 0 Å². The van der Waals surface area contributed by atoms with Gasteiger partial charge in [0.2, 0.25) is 0 Å². The van der Waals surface area contributed by atoms with E-state index in [0.717, 1.165) is 25.1 Å². The van der Waals surface area contributed by atoms with Gasteiger partial charge in [0, 0.05) is 20.2 Å². The molecule has 0 amide bonds. The zero-order chi connectivity index (χ0) is 15.4. The van der Waals surface area contributed by atoms with Crippen LogP contribution in [-0.2, 0) is 16.0 Å². The second-order valence-electron chi connectivity index (χ2n) is 5.58. The molecule has 0 saturated carbocycles. The fourth-order valence-electron chi connectivity index (χ4n) is 2.74. The maximum Gasteiger partial charge on any atom is 0.340 e. The van der Waals surface area contributed by atoms with Crippen molar-refractivity contribution in [2.45, 2.75) is 26.0 Å². The van der Waals surface area contributed by atoms with Gasteiger partial charge in [0.05, 0.1) is 18.8 Å². The summed E-state index contributed by atoms with van der Waals surface area (Å²) < 4.78 is 23.9. The molecule has 2 rings (SSSR count). The molecule has 0 spiro atoms. The summed E-state index contributed by atoms with van der Waals surface area (Å²) >= 11 is 0. The Bertz CT molecular complexity index is 506. The molecular weight excluding hydrogens is 273 g/mol. The molecule has 1 aliphatic rings. The van der Waals surface area contributed by atoms with Crippen LogP contribution in [-0.4, -0.2) is 44.3 Å². The lowest BCUT2D eigenvalue weighted by Gasteiger charge is -2.36. The van der Waals surface area contributed by atoms with Gasteiger partial charge in [0.1, 0.15) is 5.82 Å². The zero-order valence-electron chi connectivity index (χ0n) is 12.8. The quantitative estimate of drug-likeness (QED) is 0.800. The van der Waals surface area contributed by atoms with Crippen molar-refractivity contribution in [2.24, 2.45) is 5.92 Å². The number of halogens is 1. The highest BCUT2D eigenvalue weighted by atomic mass is 19.1. The Labute approximate surface area is 124 Å². The van der Waals surface area contributed by atoms with Crippen molar-refractivity contribution < 1.29 is 18.7 Å². The summed E-state index contributed by atoms with van der Waals surface area (Å²) in [6.07, 6.45) is 1.29. The largest absolute Gasteiger partial charge is 0.465 e. The number of esters is 1. The van der Waals surface area contributed by atoms with Crippen molar-refractivity contribution in [3.63, 3.8) is 0 Å². The van der Waals surface area contributed by atoms with Gasteiger partial charge in [-0.3, -0.25) is 4.90 Å². The van der Waals surface area contributed by atoms with Crippen LogP contribution in [0.3, 0.4) is 0 Å². The first-order valence-electron chi connectivity index (χ1n) is 7.17. The van der Waals surface area contributed by atoms with Gasteiger partial charge < -0.3 is 9.47 Å². The fourth-order valence-corrected chi connectivity index (χ4v) is 2.74. The summed E-state index contributed by atoms with van der Waals surface area (Å²) in [6.45, 7) is 4.67. The number of hydrogen-bond donors (Lipinski definition) is 0. The maximum atomic E-state index is 13.9. The molecule has 2 atom stereocenters. The monoisotopic (exact) mass is 295 g/mol. The zero-order valence-corrected chi connectivity index (χ0v) is 12.8. The average Bonchev–Trinajstić information content (AvgIpc) is 2.48. The van der Waals surface area contributed by atoms with E-state index in [9.17, 15) is 9.18 Å². The molecule has 1 aromatic carbocycles. The number of rotatable bonds is 4. The minimum absolute atomic E-state index is 0.0247. The van der Waals surface area contributed by atoms with Gasteiger partial charge in [-0.05, 0) is 36.6 Å². The number of hydrogen-bond acceptors (Lipinski definition) is 4. The van der Waals surface area contributed by atoms with Crippen LogP contribution in [0.5, 0.6) is 0 Å². The lowest BCUT2D eigenvalue weighted by Crippen LogP contribution is -2.43. The van der Waals surface area contributed by atoms with Crippen molar-refractivity contribution >= 4 is 5.97 Å². The van der Waals surface area contributed by atoms with Gasteiger partial charge in [-0.1, -0.05) is 13.0 Å². The summed E-state index contributed by atoms with van der Waals surface area (Å²) in [5.41, 5.74) is 0.827. The van der Waals surface area contributed by atoms with Gasteiger partial charge in [0.25, 0.3) is 0 Å². The summed E-state index contributed by atoms with van der Waals surface area (Å²) in [4.78, 5) is 13.6. The Morgan fingerprint density at radius 1 is 1.43 bits per heavy atom. The fraction of sp³-hybridized carbons (Fsp3) is 0.562. The molecule has 0 bridgehead atoms. The number of nitrogens with zero attached hydrogens (tertiary/aromatic N) is 1. The smallest absolute Gasteiger partial charge is 0.340 e. The van der Waals surface area contributed by atoms with Crippen LogP contribution in [0.15, 0.2) is 18.2 Å². The van der Waals surface area contributed by atoms with Gasteiger partial charge in [0.15, 0.2) is 0 Å². The highest BCUT2D eigenvalue weighted by Crippen LogP contribution is 2.21. The minimum Gasteiger partial charge on any atom is -0.465 e. The SMILES string of the molecule is COC(=O)c1ccc(CN2CCC(C)C(OC)C2)cc1F. The van der Waals surface area contributed by atoms with Crippen molar-refractivity contribution in [1.82, 2.24) is 4.90 Å². The highest BCUT2D eigenvalue weighted by Gasteiger charge is 2.26. The molecular formula is C16H22FNO3. The first kappa shape index (κ1) is 15.9. The molecule has 0 radical (unpaired) electrons. The van der Waals surface area contributed by atoms with E-state index in [1.54, 1.807) is 13.2 Å². The molecule has 1 heterocycles. The summed E-state index contributed by atoms with van der Waals surface area (Å²) in [5, 5.41) is 0. The topological polar surface area (TPSA) is 38.8 Å². The van der Waals surface area contributed by atoms with Crippen LogP contribution in [0.2, 0.25) is 0 Å². The molecule has 1 aromatic rings. The van der Waals surface area contributed by atoms with E-state index < -0.39 is 11.8 Å². The standard InChI is InChI=1S/C16H22FNO3/c1-11-6-7-18(10-15(11)20-2)9-12-4-5-13(14(17)8-12)16(19)21-3/h4-5,8,11,15H,6-7,9-10H2,1-3H3. The molecule has 1 aliphatic heterocycles. The molecule has 4 nitrogen and oxygen atoms in total. The minimum atomic E-state index is -0.648. The van der Waals surface area contributed by atoms with Crippen LogP contribution >= 0.6 is 0 Å². The number of benzene rings is 1. The number of piperidine rings is 1. The maximum absolute atomic E-state index is 13.9. The lowest BCUT2D eigenvalue weighted by atomic mass is 9.95. The normalized spacial score (nSPS) is 23.0. The first-order valence-corrected chi connectivity index (χ1v) is 7.17. The summed E-state index contributed by atoms with van der Waals surface area (Å²) in [5.74, 6) is -0.636. The van der Waals surface area contributed by atoms with Gasteiger partial charge >= 0.3 is 5.97 Å². The number of carbonyl (C=O) groups is 1. The van der Waals surface area contributed by atoms with Crippen LogP contribution in [0, 0.1) is 11.7 Å². The third-order valence-corrected chi connectivity index (χ3v) is 4.12. The van der Waals surface area contributed by atoms with Crippen LogP contribution in [0.1, 0.15) is 29.3 Å². The third-order valence-electron chi connectivity index (χ3n) is 4.12. The van der Waals surface area contributed by atoms with Crippen molar-refractivity contribution in [1.29, 1.82) is 0 Å². The predicted octanol–water partition coefficient (Wildman–Crippen LogP) is 2.47. The average molecular weight is 295 g/mol. The van der Waals surface area contributed by atoms with E-state index in [0.29, 0.717) is 12.5 Å². The van der Waals surface area contributed by atoms with E-state index in [-0.39, 0.29) is 11.7 Å². The molecule has 0 N–H and O–H groups in total. The Hall–Kier alpha value is -1.46. The Kier molecular flexibility index (Phi) is 5.31.